The summed E-state index contributed by atoms with van der Waals surface area (Å²) >= 11 is 0. The molecule has 1 aliphatic heterocycles. The van der Waals surface area contributed by atoms with Crippen LogP contribution in [0.25, 0.3) is 11.4 Å². The van der Waals surface area contributed by atoms with Crippen LogP contribution in [0.4, 0.5) is 0 Å². The molecule has 0 radical (unpaired) electrons. The molecule has 1 N–H and O–H groups in total. The molecule has 1 aliphatic rings. The molecule has 122 valence electrons. The topological polar surface area (TPSA) is 65.1 Å². The van der Waals surface area contributed by atoms with Crippen molar-refractivity contribution in [3.63, 3.8) is 0 Å². The summed E-state index contributed by atoms with van der Waals surface area (Å²) in [6.45, 7) is 1.67. The van der Waals surface area contributed by atoms with Gasteiger partial charge in [0.05, 0.1) is 0 Å². The molecular weight excluding hydrogens is 290 g/mol. The van der Waals surface area contributed by atoms with Gasteiger partial charge in [0.15, 0.2) is 5.82 Å². The molecule has 0 bridgehead atoms. The molecule has 2 heterocycles. The average Bonchev–Trinajstić information content (AvgIpc) is 2.98. The van der Waals surface area contributed by atoms with Crippen molar-refractivity contribution in [2.75, 3.05) is 27.2 Å². The van der Waals surface area contributed by atoms with Gasteiger partial charge in [0.2, 0.25) is 0 Å². The van der Waals surface area contributed by atoms with Crippen molar-refractivity contribution in [3.05, 3.63) is 36.2 Å². The molecule has 0 saturated carbocycles. The van der Waals surface area contributed by atoms with Gasteiger partial charge in [-0.15, -0.1) is 0 Å². The van der Waals surface area contributed by atoms with E-state index >= 15 is 0 Å². The van der Waals surface area contributed by atoms with Crippen LogP contribution in [0.15, 0.2) is 30.6 Å². The summed E-state index contributed by atoms with van der Waals surface area (Å²) in [5.74, 6) is 0.834. The van der Waals surface area contributed by atoms with Crippen LogP contribution < -0.4 is 0 Å². The van der Waals surface area contributed by atoms with Gasteiger partial charge in [-0.05, 0) is 45.5 Å². The molecule has 2 aromatic rings. The van der Waals surface area contributed by atoms with Crippen LogP contribution >= 0.6 is 0 Å². The quantitative estimate of drug-likeness (QED) is 0.941. The highest BCUT2D eigenvalue weighted by Crippen LogP contribution is 2.19. The Balaban J connectivity index is 1.68. The second kappa shape index (κ2) is 6.91. The highest BCUT2D eigenvalue weighted by Gasteiger charge is 2.22. The average molecular weight is 313 g/mol. The van der Waals surface area contributed by atoms with E-state index in [0.29, 0.717) is 11.9 Å². The fraction of sp³-hybridized carbons (Fsp3) is 0.471. The van der Waals surface area contributed by atoms with Crippen molar-refractivity contribution < 1.29 is 4.79 Å². The predicted octanol–water partition coefficient (Wildman–Crippen LogP) is 2.03. The summed E-state index contributed by atoms with van der Waals surface area (Å²) in [4.78, 5) is 21.1. The standard InChI is InChI=1S/C17H23N5O/c1-21(2)15-4-3-10-22(11-9-15)17(23)14-7-5-13(6-8-14)16-18-12-19-20-16/h5-8,12,15H,3-4,9-11H2,1-2H3,(H,18,19,20). The van der Waals surface area contributed by atoms with E-state index in [2.05, 4.69) is 34.2 Å². The van der Waals surface area contributed by atoms with Crippen LogP contribution in [0.3, 0.4) is 0 Å². The summed E-state index contributed by atoms with van der Waals surface area (Å²) in [7, 11) is 4.23. The van der Waals surface area contributed by atoms with Gasteiger partial charge in [0.1, 0.15) is 6.33 Å². The van der Waals surface area contributed by atoms with E-state index in [-0.39, 0.29) is 5.91 Å². The van der Waals surface area contributed by atoms with E-state index < -0.39 is 0 Å². The van der Waals surface area contributed by atoms with Crippen molar-refractivity contribution in [3.8, 4) is 11.4 Å². The monoisotopic (exact) mass is 313 g/mol. The minimum atomic E-state index is 0.119. The zero-order valence-electron chi connectivity index (χ0n) is 13.7. The van der Waals surface area contributed by atoms with E-state index in [4.69, 9.17) is 0 Å². The van der Waals surface area contributed by atoms with E-state index in [1.807, 2.05) is 29.2 Å². The number of carbonyl (C=O) groups excluding carboxylic acids is 1. The molecular formula is C17H23N5O. The van der Waals surface area contributed by atoms with Gasteiger partial charge < -0.3 is 9.80 Å². The second-order valence-electron chi connectivity index (χ2n) is 6.25. The van der Waals surface area contributed by atoms with Crippen LogP contribution in [0.5, 0.6) is 0 Å². The van der Waals surface area contributed by atoms with Crippen LogP contribution in [0.2, 0.25) is 0 Å². The first-order chi connectivity index (χ1) is 11.1. The molecule has 3 rings (SSSR count). The van der Waals surface area contributed by atoms with Gasteiger partial charge in [-0.3, -0.25) is 9.89 Å². The SMILES string of the molecule is CN(C)C1CCCN(C(=O)c2ccc(-c3ncn[nH]3)cc2)CC1. The third-order valence-corrected chi connectivity index (χ3v) is 4.54. The first kappa shape index (κ1) is 15.7. The summed E-state index contributed by atoms with van der Waals surface area (Å²) in [6.07, 6.45) is 4.73. The number of hydrogen-bond donors (Lipinski definition) is 1. The molecule has 0 aliphatic carbocycles. The number of nitrogens with one attached hydrogen (secondary N) is 1. The number of aromatic amines is 1. The lowest BCUT2D eigenvalue weighted by Crippen LogP contribution is -2.33. The van der Waals surface area contributed by atoms with Gasteiger partial charge in [-0.25, -0.2) is 4.98 Å². The van der Waals surface area contributed by atoms with Gasteiger partial charge in [0, 0.05) is 30.3 Å². The lowest BCUT2D eigenvalue weighted by Gasteiger charge is -2.23. The first-order valence-corrected chi connectivity index (χ1v) is 8.06. The number of aromatic nitrogens is 3. The molecule has 6 nitrogen and oxygen atoms in total. The lowest BCUT2D eigenvalue weighted by molar-refractivity contribution is 0.0758. The number of likely N-dealkylation sites (tertiary alicyclic amines) is 1. The van der Waals surface area contributed by atoms with Crippen molar-refractivity contribution in [1.82, 2.24) is 25.0 Å². The number of nitrogens with zero attached hydrogens (tertiary/aromatic N) is 4. The summed E-state index contributed by atoms with van der Waals surface area (Å²) in [6, 6.07) is 8.13. The molecule has 1 saturated heterocycles. The van der Waals surface area contributed by atoms with E-state index in [1.165, 1.54) is 6.33 Å². The Kier molecular flexibility index (Phi) is 4.71. The molecule has 1 atom stereocenters. The van der Waals surface area contributed by atoms with E-state index in [9.17, 15) is 4.79 Å². The molecule has 0 spiro atoms. The molecule has 1 aromatic heterocycles. The summed E-state index contributed by atoms with van der Waals surface area (Å²) < 4.78 is 0. The minimum Gasteiger partial charge on any atom is -0.339 e. The summed E-state index contributed by atoms with van der Waals surface area (Å²) in [5, 5.41) is 6.67. The summed E-state index contributed by atoms with van der Waals surface area (Å²) in [5.41, 5.74) is 1.67. The van der Waals surface area contributed by atoms with Crippen molar-refractivity contribution >= 4 is 5.91 Å². The zero-order valence-corrected chi connectivity index (χ0v) is 13.7. The van der Waals surface area contributed by atoms with Crippen LogP contribution in [-0.2, 0) is 0 Å². The van der Waals surface area contributed by atoms with Gasteiger partial charge in [-0.2, -0.15) is 5.10 Å². The normalized spacial score (nSPS) is 18.9. The van der Waals surface area contributed by atoms with E-state index in [1.54, 1.807) is 0 Å². The number of rotatable bonds is 3. The maximum absolute atomic E-state index is 12.7. The van der Waals surface area contributed by atoms with Gasteiger partial charge in [-0.1, -0.05) is 12.1 Å². The fourth-order valence-electron chi connectivity index (χ4n) is 3.10. The Morgan fingerprint density at radius 1 is 1.22 bits per heavy atom. The van der Waals surface area contributed by atoms with Crippen LogP contribution in [0.1, 0.15) is 29.6 Å². The number of carbonyl (C=O) groups is 1. The largest absolute Gasteiger partial charge is 0.339 e. The fourth-order valence-corrected chi connectivity index (χ4v) is 3.10. The van der Waals surface area contributed by atoms with Crippen molar-refractivity contribution in [2.24, 2.45) is 0 Å². The molecule has 1 fully saturated rings. The first-order valence-electron chi connectivity index (χ1n) is 8.06. The Hall–Kier alpha value is -2.21. The maximum Gasteiger partial charge on any atom is 0.253 e. The molecule has 23 heavy (non-hydrogen) atoms. The smallest absolute Gasteiger partial charge is 0.253 e. The minimum absolute atomic E-state index is 0.119. The van der Waals surface area contributed by atoms with Crippen LogP contribution in [0, 0.1) is 0 Å². The predicted molar refractivity (Wildman–Crippen MR) is 89.0 cm³/mol. The third-order valence-electron chi connectivity index (χ3n) is 4.54. The second-order valence-corrected chi connectivity index (χ2v) is 6.25. The number of H-pyrrole nitrogens is 1. The Labute approximate surface area is 136 Å². The number of amides is 1. The van der Waals surface area contributed by atoms with Crippen molar-refractivity contribution in [2.45, 2.75) is 25.3 Å². The van der Waals surface area contributed by atoms with Crippen LogP contribution in [-0.4, -0.2) is 64.1 Å². The molecule has 1 unspecified atom stereocenters. The van der Waals surface area contributed by atoms with E-state index in [0.717, 1.165) is 43.5 Å². The highest BCUT2D eigenvalue weighted by molar-refractivity contribution is 5.94. The zero-order chi connectivity index (χ0) is 16.2. The Morgan fingerprint density at radius 3 is 2.65 bits per heavy atom. The number of hydrogen-bond acceptors (Lipinski definition) is 4. The van der Waals surface area contributed by atoms with Gasteiger partial charge >= 0.3 is 0 Å². The Bertz CT molecular complexity index is 636. The lowest BCUT2D eigenvalue weighted by atomic mass is 10.1. The Morgan fingerprint density at radius 2 is 2.00 bits per heavy atom. The molecule has 1 amide bonds. The highest BCUT2D eigenvalue weighted by atomic mass is 16.2. The number of benzene rings is 1. The third kappa shape index (κ3) is 3.59. The molecule has 1 aromatic carbocycles. The van der Waals surface area contributed by atoms with Crippen molar-refractivity contribution in [1.29, 1.82) is 0 Å². The maximum atomic E-state index is 12.7. The molecule has 6 heteroatoms. The van der Waals surface area contributed by atoms with Gasteiger partial charge in [0.25, 0.3) is 5.91 Å².